The molecule has 4 aliphatic carbocycles. The number of rotatable bonds is 15. The van der Waals surface area contributed by atoms with Crippen LogP contribution in [0, 0.1) is 35.0 Å². The summed E-state index contributed by atoms with van der Waals surface area (Å²) in [5.74, 6) is -0.462. The maximum atomic E-state index is 13.2. The molecule has 1 spiro atoms. The maximum Gasteiger partial charge on any atom is 0.471 e. The number of unbranched alkanes of at least 4 members (excludes halogenated alkanes) is 2. The molecular weight excluding hydrogens is 846 g/mol. The topological polar surface area (TPSA) is 137 Å². The van der Waals surface area contributed by atoms with Crippen molar-refractivity contribution in [3.05, 3.63) is 94.1 Å². The number of likely N-dealkylation sites (tertiary alicyclic amines) is 1. The van der Waals surface area contributed by atoms with Gasteiger partial charge in [0.25, 0.3) is 0 Å². The summed E-state index contributed by atoms with van der Waals surface area (Å²) in [5, 5.41) is 18.1. The van der Waals surface area contributed by atoms with Gasteiger partial charge in [0.15, 0.2) is 5.78 Å². The fourth-order valence-corrected chi connectivity index (χ4v) is 13.3. The van der Waals surface area contributed by atoms with Crippen LogP contribution in [-0.4, -0.2) is 95.8 Å². The molecule has 11 atom stereocenters. The van der Waals surface area contributed by atoms with Crippen LogP contribution in [-0.2, 0) is 25.5 Å². The molecule has 13 heteroatoms. The fraction of sp³-hybridized carbons (Fsp3) is 0.623. The summed E-state index contributed by atoms with van der Waals surface area (Å²) in [5.41, 5.74) is 5.93. The second-order valence-electron chi connectivity index (χ2n) is 20.8. The number of ketones is 1. The van der Waals surface area contributed by atoms with Gasteiger partial charge in [0, 0.05) is 62.1 Å². The van der Waals surface area contributed by atoms with Crippen LogP contribution >= 0.6 is 0 Å². The number of halogens is 3. The normalized spacial score (nSPS) is 32.1. The highest BCUT2D eigenvalue weighted by Crippen LogP contribution is 2.65. The third kappa shape index (κ3) is 9.81. The fourth-order valence-electron chi connectivity index (χ4n) is 13.3. The van der Waals surface area contributed by atoms with Crippen molar-refractivity contribution in [3.63, 3.8) is 0 Å². The largest absolute Gasteiger partial charge is 0.471 e. The summed E-state index contributed by atoms with van der Waals surface area (Å²) in [4.78, 5) is 53.3. The summed E-state index contributed by atoms with van der Waals surface area (Å²) in [6, 6.07) is 13.7. The van der Waals surface area contributed by atoms with Gasteiger partial charge in [-0.2, -0.15) is 13.2 Å². The number of nitrogens with zero attached hydrogens (tertiary/aromatic N) is 1. The average Bonchev–Trinajstić information content (AvgIpc) is 3.82. The molecule has 0 aromatic heterocycles. The Hall–Kier alpha value is -4.33. The van der Waals surface area contributed by atoms with E-state index in [2.05, 4.69) is 49.3 Å². The van der Waals surface area contributed by atoms with Gasteiger partial charge in [0.2, 0.25) is 11.8 Å². The number of benzene rings is 2. The molecule has 8 rings (SSSR count). The molecule has 4 fully saturated rings. The second-order valence-corrected chi connectivity index (χ2v) is 20.8. The van der Waals surface area contributed by atoms with Crippen molar-refractivity contribution >= 4 is 23.5 Å². The van der Waals surface area contributed by atoms with Crippen molar-refractivity contribution < 1.29 is 42.2 Å². The van der Waals surface area contributed by atoms with E-state index in [1.54, 1.807) is 60.2 Å². The van der Waals surface area contributed by atoms with Crippen LogP contribution in [0.5, 0.6) is 0 Å². The first-order chi connectivity index (χ1) is 31.5. The number of hydrogen-bond donors (Lipinski definition) is 4. The number of hydrogen-bond acceptors (Lipinski definition) is 7. The van der Waals surface area contributed by atoms with Crippen LogP contribution in [0.2, 0.25) is 0 Å². The third-order valence-corrected chi connectivity index (χ3v) is 16.8. The van der Waals surface area contributed by atoms with Crippen LogP contribution in [0.15, 0.2) is 77.4 Å². The highest BCUT2D eigenvalue weighted by molar-refractivity contribution is 6.09. The van der Waals surface area contributed by atoms with Gasteiger partial charge >= 0.3 is 12.1 Å². The molecule has 4 N–H and O–H groups in total. The van der Waals surface area contributed by atoms with E-state index in [0.29, 0.717) is 78.5 Å². The minimum absolute atomic E-state index is 0.0420. The lowest BCUT2D eigenvalue weighted by Gasteiger charge is -2.49. The van der Waals surface area contributed by atoms with Crippen molar-refractivity contribution in [1.29, 1.82) is 0 Å². The first kappa shape index (κ1) is 48.1. The first-order valence-electron chi connectivity index (χ1n) is 24.6. The van der Waals surface area contributed by atoms with E-state index in [1.807, 2.05) is 5.32 Å². The molecular formula is C53H69F3N4O6. The molecule has 2 saturated heterocycles. The smallest absolute Gasteiger partial charge is 0.393 e. The molecule has 3 amide bonds. The quantitative estimate of drug-likeness (QED) is 0.0808. The molecule has 66 heavy (non-hydrogen) atoms. The van der Waals surface area contributed by atoms with Crippen LogP contribution in [0.3, 0.4) is 0 Å². The molecule has 0 bridgehead atoms. The zero-order valence-corrected chi connectivity index (χ0v) is 39.1. The number of amides is 3. The summed E-state index contributed by atoms with van der Waals surface area (Å²) in [7, 11) is 0. The first-order valence-corrected chi connectivity index (χ1v) is 24.6. The Labute approximate surface area is 387 Å². The van der Waals surface area contributed by atoms with Crippen molar-refractivity contribution in [2.24, 2.45) is 35.0 Å². The zero-order chi connectivity index (χ0) is 47.0. The van der Waals surface area contributed by atoms with Gasteiger partial charge in [-0.1, -0.05) is 99.0 Å². The Balaban J connectivity index is 0.785. The lowest BCUT2D eigenvalue weighted by atomic mass is 9.56. The summed E-state index contributed by atoms with van der Waals surface area (Å²) >= 11 is 0. The molecule has 2 aliphatic heterocycles. The summed E-state index contributed by atoms with van der Waals surface area (Å²) in [6.45, 7) is 12.0. The minimum atomic E-state index is -5.17. The van der Waals surface area contributed by atoms with Gasteiger partial charge in [-0.05, 0) is 111 Å². The molecule has 2 aromatic carbocycles. The van der Waals surface area contributed by atoms with E-state index >= 15 is 0 Å². The van der Waals surface area contributed by atoms with Crippen LogP contribution in [0.4, 0.5) is 13.2 Å². The van der Waals surface area contributed by atoms with Crippen molar-refractivity contribution in [3.8, 4) is 0 Å². The Morgan fingerprint density at radius 1 is 0.924 bits per heavy atom. The number of allylic oxidation sites excluding steroid dienone is 2. The van der Waals surface area contributed by atoms with Gasteiger partial charge in [0.1, 0.15) is 6.04 Å². The van der Waals surface area contributed by atoms with Crippen LogP contribution < -0.4 is 16.0 Å². The average molecular weight is 915 g/mol. The molecule has 10 nitrogen and oxygen atoms in total. The standard InChI is InChI=1S/C53H69F3N4O6/c1-32-27-45-47(34(3)52(66-45)23-21-40-41-19-18-38-29-39(61)20-22-51(38,4)43(41)30-42(40)33(52)2)60(31-32)26-25-57-46(62)13-9-6-10-24-58-49(64)44(59-50(65)53(54,55)56)28-35-14-16-37(17-15-35)48(63)36-11-7-5-8-12-36/h5,7-8,11-12,14-18,32,34,39-41,43-45,47,61H,6,9-10,13,19-31H2,1-4H3,(H,57,62)(H,58,64)(H,59,65)/t32-,34+,39-,40-,41-,43-,44-,45+,47-,51-,52-/m0/s1. The maximum absolute atomic E-state index is 13.2. The zero-order valence-electron chi connectivity index (χ0n) is 39.1. The highest BCUT2D eigenvalue weighted by atomic mass is 19.4. The molecule has 0 radical (unpaired) electrons. The van der Waals surface area contributed by atoms with Crippen LogP contribution in [0.1, 0.15) is 126 Å². The van der Waals surface area contributed by atoms with Crippen molar-refractivity contribution in [2.75, 3.05) is 26.2 Å². The van der Waals surface area contributed by atoms with Gasteiger partial charge in [-0.15, -0.1) is 0 Å². The predicted molar refractivity (Wildman–Crippen MR) is 246 cm³/mol. The number of alkyl halides is 3. The molecule has 2 heterocycles. The molecule has 2 aromatic rings. The number of aliphatic hydroxyl groups excluding tert-OH is 1. The SMILES string of the molecule is CC1=C2C[C@H]3[C@@H](CC=C4C[C@@H](O)CC[C@@]43C)[C@@H]2CC[C@]12O[C@@H]1C[C@H](C)CN(CCNC(=O)CCCCCNC(=O)[C@H](Cc3ccc(C(=O)c4ccccc4)cc3)NC(=O)C(F)(F)F)[C@H]1[C@H]2C. The predicted octanol–water partition coefficient (Wildman–Crippen LogP) is 8.03. The minimum Gasteiger partial charge on any atom is -0.393 e. The molecule has 358 valence electrons. The van der Waals surface area contributed by atoms with Crippen LogP contribution in [0.25, 0.3) is 0 Å². The van der Waals surface area contributed by atoms with E-state index in [1.165, 1.54) is 17.6 Å². The van der Waals surface area contributed by atoms with E-state index in [-0.39, 0.29) is 53.9 Å². The lowest BCUT2D eigenvalue weighted by Crippen LogP contribution is -2.54. The van der Waals surface area contributed by atoms with E-state index in [4.69, 9.17) is 4.74 Å². The van der Waals surface area contributed by atoms with Crippen molar-refractivity contribution in [2.45, 2.75) is 147 Å². The highest BCUT2D eigenvalue weighted by Gasteiger charge is 2.61. The summed E-state index contributed by atoms with van der Waals surface area (Å²) < 4.78 is 46.9. The Morgan fingerprint density at radius 3 is 2.41 bits per heavy atom. The number of carbonyl (C=O) groups is 4. The summed E-state index contributed by atoms with van der Waals surface area (Å²) in [6.07, 6.45) is 7.46. The lowest BCUT2D eigenvalue weighted by molar-refractivity contribution is -0.174. The number of nitrogens with one attached hydrogen (secondary N) is 3. The molecule has 2 saturated carbocycles. The van der Waals surface area contributed by atoms with Gasteiger partial charge < -0.3 is 25.8 Å². The second kappa shape index (κ2) is 19.7. The van der Waals surface area contributed by atoms with Gasteiger partial charge in [-0.25, -0.2) is 0 Å². The number of piperidine rings is 1. The Morgan fingerprint density at radius 2 is 1.67 bits per heavy atom. The number of carbonyl (C=O) groups excluding carboxylic acids is 4. The Bertz CT molecular complexity index is 2180. The van der Waals surface area contributed by atoms with E-state index < -0.39 is 24.0 Å². The molecule has 0 unspecified atom stereocenters. The number of fused-ring (bicyclic) bond motifs is 6. The van der Waals surface area contributed by atoms with Crippen molar-refractivity contribution in [1.82, 2.24) is 20.9 Å². The monoisotopic (exact) mass is 915 g/mol. The number of ether oxygens (including phenoxy) is 1. The van der Waals surface area contributed by atoms with E-state index in [9.17, 15) is 37.5 Å². The molecule has 6 aliphatic rings. The van der Waals surface area contributed by atoms with E-state index in [0.717, 1.165) is 58.0 Å². The van der Waals surface area contributed by atoms with Gasteiger partial charge in [0.05, 0.1) is 17.8 Å². The Kier molecular flexibility index (Phi) is 14.4. The number of aliphatic hydroxyl groups is 1. The third-order valence-electron chi connectivity index (χ3n) is 16.8. The van der Waals surface area contributed by atoms with Gasteiger partial charge in [-0.3, -0.25) is 24.1 Å².